The van der Waals surface area contributed by atoms with Crippen molar-refractivity contribution in [3.63, 3.8) is 0 Å². The zero-order chi connectivity index (χ0) is 13.1. The summed E-state index contributed by atoms with van der Waals surface area (Å²) >= 11 is 0. The molecule has 0 aliphatic rings. The summed E-state index contributed by atoms with van der Waals surface area (Å²) < 4.78 is 5.13. The smallest absolute Gasteiger partial charge is 0.138 e. The fourth-order valence-corrected chi connectivity index (χ4v) is 1.95. The molecular weight excluding hydrogens is 216 g/mol. The Kier molecular flexibility index (Phi) is 4.71. The van der Waals surface area contributed by atoms with E-state index in [9.17, 15) is 0 Å². The number of aliphatic hydroxyl groups excluding tert-OH is 1. The monoisotopic (exact) mass is 240 g/mol. The van der Waals surface area contributed by atoms with Gasteiger partial charge >= 0.3 is 0 Å². The van der Waals surface area contributed by atoms with E-state index in [4.69, 9.17) is 9.63 Å². The number of rotatable bonds is 5. The average Bonchev–Trinajstić information content (AvgIpc) is 2.52. The van der Waals surface area contributed by atoms with Crippen molar-refractivity contribution >= 4 is 0 Å². The van der Waals surface area contributed by atoms with Gasteiger partial charge in [0.05, 0.1) is 5.69 Å². The van der Waals surface area contributed by atoms with Crippen LogP contribution >= 0.6 is 0 Å². The zero-order valence-electron chi connectivity index (χ0n) is 11.5. The van der Waals surface area contributed by atoms with Crippen molar-refractivity contribution in [3.8, 4) is 0 Å². The molecule has 0 aromatic carbocycles. The molecule has 0 aliphatic carbocycles. The summed E-state index contributed by atoms with van der Waals surface area (Å²) in [6.45, 7) is 11.3. The van der Waals surface area contributed by atoms with E-state index in [-0.39, 0.29) is 18.1 Å². The molecule has 4 nitrogen and oxygen atoms in total. The molecule has 2 N–H and O–H groups in total. The summed E-state index contributed by atoms with van der Waals surface area (Å²) in [7, 11) is 0. The summed E-state index contributed by atoms with van der Waals surface area (Å²) in [5, 5.41) is 16.5. The van der Waals surface area contributed by atoms with Gasteiger partial charge in [-0.05, 0) is 25.7 Å². The molecule has 0 radical (unpaired) electrons. The minimum atomic E-state index is 0.127. The molecule has 1 atom stereocenters. The maximum Gasteiger partial charge on any atom is 0.138 e. The van der Waals surface area contributed by atoms with Crippen molar-refractivity contribution in [3.05, 3.63) is 17.0 Å². The Morgan fingerprint density at radius 2 is 2.00 bits per heavy atom. The molecule has 98 valence electrons. The van der Waals surface area contributed by atoms with E-state index in [2.05, 4.69) is 31.2 Å². The Balaban J connectivity index is 2.64. The zero-order valence-corrected chi connectivity index (χ0v) is 11.5. The molecule has 1 aromatic heterocycles. The lowest BCUT2D eigenvalue weighted by atomic mass is 9.85. The number of hydrogen-bond acceptors (Lipinski definition) is 4. The minimum absolute atomic E-state index is 0.127. The molecule has 1 heterocycles. The topological polar surface area (TPSA) is 58.3 Å². The van der Waals surface area contributed by atoms with Crippen molar-refractivity contribution in [1.29, 1.82) is 0 Å². The van der Waals surface area contributed by atoms with E-state index in [0.29, 0.717) is 0 Å². The summed E-state index contributed by atoms with van der Waals surface area (Å²) in [5.74, 6) is 0.867. The van der Waals surface area contributed by atoms with Crippen molar-refractivity contribution in [1.82, 2.24) is 10.5 Å². The molecule has 17 heavy (non-hydrogen) atoms. The normalized spacial score (nSPS) is 14.0. The molecule has 0 saturated heterocycles. The maximum absolute atomic E-state index is 9.10. The lowest BCUT2D eigenvalue weighted by Crippen LogP contribution is -2.40. The highest BCUT2D eigenvalue weighted by molar-refractivity contribution is 5.20. The molecule has 0 bridgehead atoms. The molecule has 0 spiro atoms. The lowest BCUT2D eigenvalue weighted by molar-refractivity contribution is 0.196. The van der Waals surface area contributed by atoms with Crippen LogP contribution in [0.15, 0.2) is 4.52 Å². The predicted molar refractivity (Wildman–Crippen MR) is 67.8 cm³/mol. The molecule has 0 aliphatic heterocycles. The Morgan fingerprint density at radius 1 is 1.35 bits per heavy atom. The van der Waals surface area contributed by atoms with Crippen LogP contribution in [0.4, 0.5) is 0 Å². The van der Waals surface area contributed by atoms with E-state index in [0.717, 1.165) is 30.0 Å². The fraction of sp³-hybridized carbons (Fsp3) is 0.769. The Hall–Kier alpha value is -0.870. The van der Waals surface area contributed by atoms with Gasteiger partial charge in [-0.3, -0.25) is 0 Å². The Bertz CT molecular complexity index is 333. The second-order valence-electron chi connectivity index (χ2n) is 5.61. The van der Waals surface area contributed by atoms with E-state index in [1.54, 1.807) is 0 Å². The van der Waals surface area contributed by atoms with E-state index < -0.39 is 0 Å². The fourth-order valence-electron chi connectivity index (χ4n) is 1.95. The average molecular weight is 240 g/mol. The summed E-state index contributed by atoms with van der Waals surface area (Å²) in [6.07, 6.45) is 0.757. The second-order valence-corrected chi connectivity index (χ2v) is 5.61. The van der Waals surface area contributed by atoms with Crippen molar-refractivity contribution < 1.29 is 9.63 Å². The van der Waals surface area contributed by atoms with Crippen LogP contribution < -0.4 is 5.32 Å². The highest BCUT2D eigenvalue weighted by atomic mass is 16.5. The largest absolute Gasteiger partial charge is 0.396 e. The van der Waals surface area contributed by atoms with Crippen molar-refractivity contribution in [2.24, 2.45) is 5.41 Å². The van der Waals surface area contributed by atoms with Gasteiger partial charge in [-0.15, -0.1) is 0 Å². The Morgan fingerprint density at radius 3 is 2.41 bits per heavy atom. The molecule has 1 aromatic rings. The summed E-state index contributed by atoms with van der Waals surface area (Å²) in [5.41, 5.74) is 2.19. The van der Waals surface area contributed by atoms with Gasteiger partial charge in [0.2, 0.25) is 0 Å². The van der Waals surface area contributed by atoms with Gasteiger partial charge in [0.25, 0.3) is 0 Å². The summed E-state index contributed by atoms with van der Waals surface area (Å²) in [4.78, 5) is 0. The predicted octanol–water partition coefficient (Wildman–Crippen LogP) is 2.18. The third-order valence-electron chi connectivity index (χ3n) is 3.17. The number of aromatic nitrogens is 1. The SMILES string of the molecule is Cc1noc(C)c1CNC(CCO)C(C)(C)C. The number of aliphatic hydroxyl groups is 1. The third-order valence-corrected chi connectivity index (χ3v) is 3.17. The quantitative estimate of drug-likeness (QED) is 0.828. The van der Waals surface area contributed by atoms with E-state index >= 15 is 0 Å². The van der Waals surface area contributed by atoms with Crippen LogP contribution in [0.5, 0.6) is 0 Å². The van der Waals surface area contributed by atoms with E-state index in [1.807, 2.05) is 13.8 Å². The highest BCUT2D eigenvalue weighted by Crippen LogP contribution is 2.22. The number of aryl methyl sites for hydroxylation is 2. The highest BCUT2D eigenvalue weighted by Gasteiger charge is 2.24. The van der Waals surface area contributed by atoms with Crippen LogP contribution in [-0.4, -0.2) is 22.9 Å². The second kappa shape index (κ2) is 5.65. The lowest BCUT2D eigenvalue weighted by Gasteiger charge is -2.31. The third kappa shape index (κ3) is 3.82. The van der Waals surface area contributed by atoms with Gasteiger partial charge in [-0.25, -0.2) is 0 Å². The first-order valence-corrected chi connectivity index (χ1v) is 6.12. The van der Waals surface area contributed by atoms with Crippen LogP contribution in [0.3, 0.4) is 0 Å². The van der Waals surface area contributed by atoms with Gasteiger partial charge in [0, 0.05) is 24.8 Å². The maximum atomic E-state index is 9.10. The molecule has 1 rings (SSSR count). The summed E-state index contributed by atoms with van der Waals surface area (Å²) in [6, 6.07) is 0.279. The molecule has 4 heteroatoms. The standard InChI is InChI=1S/C13H24N2O2/c1-9-11(10(2)17-15-9)8-14-12(6-7-16)13(3,4)5/h12,14,16H,6-8H2,1-5H3. The van der Waals surface area contributed by atoms with Gasteiger partial charge in [-0.2, -0.15) is 0 Å². The van der Waals surface area contributed by atoms with Crippen molar-refractivity contribution in [2.75, 3.05) is 6.61 Å². The van der Waals surface area contributed by atoms with Gasteiger partial charge in [-0.1, -0.05) is 25.9 Å². The Labute approximate surface area is 103 Å². The van der Waals surface area contributed by atoms with Crippen LogP contribution in [0.2, 0.25) is 0 Å². The number of hydrogen-bond donors (Lipinski definition) is 2. The van der Waals surface area contributed by atoms with E-state index in [1.165, 1.54) is 0 Å². The van der Waals surface area contributed by atoms with Crippen LogP contribution in [-0.2, 0) is 6.54 Å². The molecular formula is C13H24N2O2. The number of nitrogens with zero attached hydrogens (tertiary/aromatic N) is 1. The minimum Gasteiger partial charge on any atom is -0.396 e. The van der Waals surface area contributed by atoms with Crippen LogP contribution in [0.25, 0.3) is 0 Å². The molecule has 0 saturated carbocycles. The van der Waals surface area contributed by atoms with Crippen LogP contribution in [0.1, 0.15) is 44.2 Å². The van der Waals surface area contributed by atoms with Gasteiger partial charge in [0.1, 0.15) is 5.76 Å². The first kappa shape index (κ1) is 14.2. The molecule has 0 fully saturated rings. The van der Waals surface area contributed by atoms with Crippen molar-refractivity contribution in [2.45, 2.75) is 53.6 Å². The van der Waals surface area contributed by atoms with Crippen LogP contribution in [0, 0.1) is 19.3 Å². The van der Waals surface area contributed by atoms with Gasteiger partial charge < -0.3 is 14.9 Å². The molecule has 0 amide bonds. The van der Waals surface area contributed by atoms with Gasteiger partial charge in [0.15, 0.2) is 0 Å². The number of nitrogens with one attached hydrogen (secondary N) is 1. The first-order chi connectivity index (χ1) is 7.86. The first-order valence-electron chi connectivity index (χ1n) is 6.12. The molecule has 1 unspecified atom stereocenters.